The number of fused-ring (bicyclic) bond motifs is 1. The summed E-state index contributed by atoms with van der Waals surface area (Å²) < 4.78 is 1.01. The van der Waals surface area contributed by atoms with Gasteiger partial charge in [0.2, 0.25) is 5.91 Å². The van der Waals surface area contributed by atoms with Crippen molar-refractivity contribution in [2.75, 3.05) is 11.9 Å². The zero-order valence-electron chi connectivity index (χ0n) is 12.8. The largest absolute Gasteiger partial charge is 0.343 e. The molecule has 0 aliphatic carbocycles. The van der Waals surface area contributed by atoms with E-state index in [2.05, 4.69) is 15.6 Å². The first-order valence-corrected chi connectivity index (χ1v) is 8.42. The molecule has 0 unspecified atom stereocenters. The van der Waals surface area contributed by atoms with Gasteiger partial charge in [0, 0.05) is 5.69 Å². The zero-order chi connectivity index (χ0) is 17.1. The van der Waals surface area contributed by atoms with E-state index in [0.717, 1.165) is 15.2 Å². The number of rotatable bonds is 4. The van der Waals surface area contributed by atoms with Crippen LogP contribution in [0.5, 0.6) is 0 Å². The van der Waals surface area contributed by atoms with Crippen LogP contribution in [0.4, 0.5) is 5.69 Å². The third-order valence-corrected chi connectivity index (χ3v) is 4.57. The Morgan fingerprint density at radius 2 is 2.00 bits per heavy atom. The molecule has 2 N–H and O–H groups in total. The van der Waals surface area contributed by atoms with Crippen LogP contribution in [0.2, 0.25) is 5.02 Å². The van der Waals surface area contributed by atoms with Crippen molar-refractivity contribution in [3.05, 3.63) is 58.1 Å². The van der Waals surface area contributed by atoms with Crippen molar-refractivity contribution in [3.63, 3.8) is 0 Å². The Labute approximate surface area is 147 Å². The van der Waals surface area contributed by atoms with Gasteiger partial charge in [-0.2, -0.15) is 0 Å². The highest BCUT2D eigenvalue weighted by Crippen LogP contribution is 2.24. The van der Waals surface area contributed by atoms with Gasteiger partial charge in [-0.05, 0) is 37.3 Å². The number of anilines is 1. The highest BCUT2D eigenvalue weighted by atomic mass is 35.5. The van der Waals surface area contributed by atoms with Crippen molar-refractivity contribution in [2.24, 2.45) is 0 Å². The smallest absolute Gasteiger partial charge is 0.253 e. The first kappa shape index (κ1) is 16.4. The molecule has 0 aliphatic heterocycles. The van der Waals surface area contributed by atoms with Crippen LogP contribution in [0.25, 0.3) is 10.2 Å². The van der Waals surface area contributed by atoms with Crippen LogP contribution < -0.4 is 10.6 Å². The molecule has 5 nitrogen and oxygen atoms in total. The number of nitrogens with zero attached hydrogens (tertiary/aromatic N) is 1. The second kappa shape index (κ2) is 6.98. The van der Waals surface area contributed by atoms with E-state index in [1.165, 1.54) is 0 Å². The summed E-state index contributed by atoms with van der Waals surface area (Å²) in [5, 5.41) is 6.63. The fourth-order valence-electron chi connectivity index (χ4n) is 2.22. The Balaban J connectivity index is 1.60. The molecule has 0 aliphatic rings. The number of amides is 2. The van der Waals surface area contributed by atoms with Gasteiger partial charge in [-0.3, -0.25) is 9.59 Å². The SMILES string of the molecule is Cc1nc2ccc(NC(=O)CNC(=O)c3ccccc3Cl)cc2s1. The summed E-state index contributed by atoms with van der Waals surface area (Å²) >= 11 is 7.52. The average Bonchev–Trinajstić information content (AvgIpc) is 2.92. The van der Waals surface area contributed by atoms with Crippen LogP contribution in [0.15, 0.2) is 42.5 Å². The molecule has 2 amide bonds. The minimum absolute atomic E-state index is 0.135. The van der Waals surface area contributed by atoms with E-state index in [4.69, 9.17) is 11.6 Å². The van der Waals surface area contributed by atoms with E-state index >= 15 is 0 Å². The predicted octanol–water partition coefficient (Wildman–Crippen LogP) is 3.63. The van der Waals surface area contributed by atoms with Crippen molar-refractivity contribution in [1.82, 2.24) is 10.3 Å². The van der Waals surface area contributed by atoms with Crippen LogP contribution in [-0.4, -0.2) is 23.3 Å². The topological polar surface area (TPSA) is 71.1 Å². The summed E-state index contributed by atoms with van der Waals surface area (Å²) in [4.78, 5) is 28.4. The van der Waals surface area contributed by atoms with Gasteiger partial charge in [-0.1, -0.05) is 23.7 Å². The van der Waals surface area contributed by atoms with Gasteiger partial charge < -0.3 is 10.6 Å². The monoisotopic (exact) mass is 359 g/mol. The molecule has 1 heterocycles. The maximum atomic E-state index is 12.0. The molecule has 3 rings (SSSR count). The Morgan fingerprint density at radius 1 is 1.21 bits per heavy atom. The fraction of sp³-hybridized carbons (Fsp3) is 0.118. The number of hydrogen-bond donors (Lipinski definition) is 2. The van der Waals surface area contributed by atoms with Crippen molar-refractivity contribution >= 4 is 50.7 Å². The summed E-state index contributed by atoms with van der Waals surface area (Å²) in [6.07, 6.45) is 0. The van der Waals surface area contributed by atoms with E-state index in [1.54, 1.807) is 41.7 Å². The van der Waals surface area contributed by atoms with E-state index < -0.39 is 0 Å². The molecule has 24 heavy (non-hydrogen) atoms. The summed E-state index contributed by atoms with van der Waals surface area (Å²) in [7, 11) is 0. The van der Waals surface area contributed by atoms with E-state index in [-0.39, 0.29) is 18.4 Å². The minimum Gasteiger partial charge on any atom is -0.343 e. The third kappa shape index (κ3) is 3.72. The lowest BCUT2D eigenvalue weighted by Gasteiger charge is -2.08. The van der Waals surface area contributed by atoms with Gasteiger partial charge >= 0.3 is 0 Å². The summed E-state index contributed by atoms with van der Waals surface area (Å²) in [6.45, 7) is 1.80. The number of halogens is 1. The number of benzene rings is 2. The first-order chi connectivity index (χ1) is 11.5. The molecule has 0 spiro atoms. The van der Waals surface area contributed by atoms with Crippen LogP contribution >= 0.6 is 22.9 Å². The summed E-state index contributed by atoms with van der Waals surface area (Å²) in [5.74, 6) is -0.694. The maximum absolute atomic E-state index is 12.0. The Kier molecular flexibility index (Phi) is 4.78. The number of carbonyl (C=O) groups excluding carboxylic acids is 2. The lowest BCUT2D eigenvalue weighted by molar-refractivity contribution is -0.115. The van der Waals surface area contributed by atoms with Crippen LogP contribution in [-0.2, 0) is 4.79 Å². The van der Waals surface area contributed by atoms with E-state index in [0.29, 0.717) is 16.3 Å². The number of nitrogens with one attached hydrogen (secondary N) is 2. The van der Waals surface area contributed by atoms with Gasteiger partial charge in [0.15, 0.2) is 0 Å². The van der Waals surface area contributed by atoms with E-state index in [9.17, 15) is 9.59 Å². The third-order valence-electron chi connectivity index (χ3n) is 3.31. The molecule has 2 aromatic carbocycles. The second-order valence-corrected chi connectivity index (χ2v) is 6.77. The lowest BCUT2D eigenvalue weighted by atomic mass is 10.2. The van der Waals surface area contributed by atoms with Gasteiger partial charge in [0.05, 0.1) is 32.4 Å². The highest BCUT2D eigenvalue weighted by molar-refractivity contribution is 7.18. The molecule has 3 aromatic rings. The molecular formula is C17H14ClN3O2S. The maximum Gasteiger partial charge on any atom is 0.253 e. The van der Waals surface area contributed by atoms with Gasteiger partial charge in [0.25, 0.3) is 5.91 Å². The Morgan fingerprint density at radius 3 is 2.79 bits per heavy atom. The Bertz CT molecular complexity index is 923. The second-order valence-electron chi connectivity index (χ2n) is 5.13. The molecule has 0 bridgehead atoms. The van der Waals surface area contributed by atoms with Gasteiger partial charge in [0.1, 0.15) is 0 Å². The molecule has 122 valence electrons. The lowest BCUT2D eigenvalue weighted by Crippen LogP contribution is -2.32. The van der Waals surface area contributed by atoms with Crippen molar-refractivity contribution in [1.29, 1.82) is 0 Å². The number of aryl methyl sites for hydroxylation is 1. The first-order valence-electron chi connectivity index (χ1n) is 7.23. The molecule has 0 atom stereocenters. The molecule has 7 heteroatoms. The number of aromatic nitrogens is 1. The quantitative estimate of drug-likeness (QED) is 0.747. The predicted molar refractivity (Wildman–Crippen MR) is 96.8 cm³/mol. The zero-order valence-corrected chi connectivity index (χ0v) is 14.4. The standard InChI is InChI=1S/C17H14ClN3O2S/c1-10-20-14-7-6-11(8-15(14)24-10)21-16(22)9-19-17(23)12-4-2-3-5-13(12)18/h2-8H,9H2,1H3,(H,19,23)(H,21,22). The minimum atomic E-state index is -0.385. The number of thiazole rings is 1. The molecular weight excluding hydrogens is 346 g/mol. The Hall–Kier alpha value is -2.44. The van der Waals surface area contributed by atoms with Crippen LogP contribution in [0.1, 0.15) is 15.4 Å². The van der Waals surface area contributed by atoms with Gasteiger partial charge in [-0.25, -0.2) is 4.98 Å². The molecule has 0 radical (unpaired) electrons. The van der Waals surface area contributed by atoms with Gasteiger partial charge in [-0.15, -0.1) is 11.3 Å². The molecule has 0 saturated heterocycles. The fourth-order valence-corrected chi connectivity index (χ4v) is 3.31. The highest BCUT2D eigenvalue weighted by Gasteiger charge is 2.11. The number of hydrogen-bond acceptors (Lipinski definition) is 4. The number of carbonyl (C=O) groups is 2. The van der Waals surface area contributed by atoms with Crippen molar-refractivity contribution in [3.8, 4) is 0 Å². The van der Waals surface area contributed by atoms with Crippen molar-refractivity contribution in [2.45, 2.75) is 6.92 Å². The molecule has 0 fully saturated rings. The average molecular weight is 360 g/mol. The van der Waals surface area contributed by atoms with Crippen LogP contribution in [0.3, 0.4) is 0 Å². The van der Waals surface area contributed by atoms with Crippen molar-refractivity contribution < 1.29 is 9.59 Å². The van der Waals surface area contributed by atoms with Crippen LogP contribution in [0, 0.1) is 6.92 Å². The normalized spacial score (nSPS) is 10.6. The summed E-state index contributed by atoms with van der Waals surface area (Å²) in [6, 6.07) is 12.2. The molecule has 0 saturated carbocycles. The molecule has 1 aromatic heterocycles. The van der Waals surface area contributed by atoms with E-state index in [1.807, 2.05) is 19.1 Å². The summed E-state index contributed by atoms with van der Waals surface area (Å²) in [5.41, 5.74) is 1.92.